The average molecular weight is 289 g/mol. The first-order chi connectivity index (χ1) is 8.79. The van der Waals surface area contributed by atoms with Gasteiger partial charge in [-0.2, -0.15) is 0 Å². The number of anilines is 1. The van der Waals surface area contributed by atoms with Gasteiger partial charge in [0.2, 0.25) is 15.9 Å². The number of carbonyl (C=O) groups excluding carboxylic acids is 1. The summed E-state index contributed by atoms with van der Waals surface area (Å²) < 4.78 is 29.3. The zero-order chi connectivity index (χ0) is 14.6. The van der Waals surface area contributed by atoms with Gasteiger partial charge in [-0.3, -0.25) is 4.79 Å². The standard InChI is InChI=1S/C11H19N3O4S/c1-5-13(6-2)11(15)8-14(19(4,16)17)10-7-9(3)18-12-10/h7H,5-6,8H2,1-4H3. The summed E-state index contributed by atoms with van der Waals surface area (Å²) in [7, 11) is -3.59. The lowest BCUT2D eigenvalue weighted by Gasteiger charge is -2.24. The topological polar surface area (TPSA) is 83.7 Å². The van der Waals surface area contributed by atoms with Crippen LogP contribution in [0.3, 0.4) is 0 Å². The number of sulfonamides is 1. The molecular weight excluding hydrogens is 270 g/mol. The first kappa shape index (κ1) is 15.5. The number of nitrogens with zero attached hydrogens (tertiary/aromatic N) is 3. The maximum atomic E-state index is 12.0. The van der Waals surface area contributed by atoms with Crippen LogP contribution >= 0.6 is 0 Å². The Morgan fingerprint density at radius 3 is 2.32 bits per heavy atom. The minimum atomic E-state index is -3.59. The minimum absolute atomic E-state index is 0.125. The number of rotatable bonds is 6. The van der Waals surface area contributed by atoms with Crippen LogP contribution in [-0.4, -0.2) is 50.3 Å². The average Bonchev–Trinajstić information content (AvgIpc) is 2.72. The molecule has 1 aromatic rings. The van der Waals surface area contributed by atoms with Gasteiger partial charge in [0.15, 0.2) is 5.82 Å². The molecule has 1 aromatic heterocycles. The summed E-state index contributed by atoms with van der Waals surface area (Å²) in [6.07, 6.45) is 1.03. The second-order valence-electron chi connectivity index (χ2n) is 4.13. The molecule has 0 unspecified atom stereocenters. The molecule has 0 saturated carbocycles. The van der Waals surface area contributed by atoms with Crippen molar-refractivity contribution in [3.05, 3.63) is 11.8 Å². The van der Waals surface area contributed by atoms with Crippen LogP contribution in [0, 0.1) is 6.92 Å². The number of aryl methyl sites for hydroxylation is 1. The van der Waals surface area contributed by atoms with Gasteiger partial charge in [-0.1, -0.05) is 5.16 Å². The highest BCUT2D eigenvalue weighted by molar-refractivity contribution is 7.92. The molecule has 0 bridgehead atoms. The number of aromatic nitrogens is 1. The molecule has 1 heterocycles. The SMILES string of the molecule is CCN(CC)C(=O)CN(c1cc(C)on1)S(C)(=O)=O. The number of carbonyl (C=O) groups is 1. The maximum absolute atomic E-state index is 12.0. The summed E-state index contributed by atoms with van der Waals surface area (Å²) in [5.41, 5.74) is 0. The highest BCUT2D eigenvalue weighted by Crippen LogP contribution is 2.17. The molecule has 0 aliphatic rings. The number of likely N-dealkylation sites (N-methyl/N-ethyl adjacent to an activating group) is 1. The van der Waals surface area contributed by atoms with Crippen molar-refractivity contribution in [2.24, 2.45) is 0 Å². The highest BCUT2D eigenvalue weighted by atomic mass is 32.2. The van der Waals surface area contributed by atoms with Crippen molar-refractivity contribution in [2.75, 3.05) is 30.2 Å². The van der Waals surface area contributed by atoms with Gasteiger partial charge in [0.1, 0.15) is 12.3 Å². The molecule has 1 rings (SSSR count). The van der Waals surface area contributed by atoms with Gasteiger partial charge in [0.05, 0.1) is 6.26 Å². The van der Waals surface area contributed by atoms with Gasteiger partial charge in [-0.15, -0.1) is 0 Å². The summed E-state index contributed by atoms with van der Waals surface area (Å²) in [4.78, 5) is 13.6. The van der Waals surface area contributed by atoms with E-state index in [9.17, 15) is 13.2 Å². The second kappa shape index (κ2) is 6.05. The molecule has 0 N–H and O–H groups in total. The fourth-order valence-electron chi connectivity index (χ4n) is 1.64. The molecule has 108 valence electrons. The summed E-state index contributed by atoms with van der Waals surface area (Å²) in [5, 5.41) is 3.65. The monoisotopic (exact) mass is 289 g/mol. The Kier molecular flexibility index (Phi) is 4.93. The van der Waals surface area contributed by atoms with E-state index >= 15 is 0 Å². The number of amides is 1. The van der Waals surface area contributed by atoms with Crippen LogP contribution < -0.4 is 4.31 Å². The second-order valence-corrected chi connectivity index (χ2v) is 6.04. The Bertz CT molecular complexity index is 534. The van der Waals surface area contributed by atoms with Gasteiger partial charge in [-0.25, -0.2) is 12.7 Å². The Morgan fingerprint density at radius 1 is 1.37 bits per heavy atom. The van der Waals surface area contributed by atoms with Gasteiger partial charge < -0.3 is 9.42 Å². The summed E-state index contributed by atoms with van der Waals surface area (Å²) >= 11 is 0. The fourth-order valence-corrected chi connectivity index (χ4v) is 2.41. The predicted molar refractivity (Wildman–Crippen MR) is 71.4 cm³/mol. The van der Waals surface area contributed by atoms with E-state index in [4.69, 9.17) is 4.52 Å². The molecule has 0 aliphatic heterocycles. The van der Waals surface area contributed by atoms with E-state index < -0.39 is 10.0 Å². The summed E-state index contributed by atoms with van der Waals surface area (Å²) in [6, 6.07) is 1.48. The van der Waals surface area contributed by atoms with E-state index in [1.165, 1.54) is 6.07 Å². The summed E-state index contributed by atoms with van der Waals surface area (Å²) in [5.74, 6) is 0.343. The van der Waals surface area contributed by atoms with Gasteiger partial charge in [-0.05, 0) is 20.8 Å². The van der Waals surface area contributed by atoms with Crippen LogP contribution in [0.25, 0.3) is 0 Å². The van der Waals surface area contributed by atoms with Crippen LogP contribution in [0.15, 0.2) is 10.6 Å². The molecule has 1 amide bonds. The molecule has 0 spiro atoms. The third-order valence-corrected chi connectivity index (χ3v) is 3.78. The van der Waals surface area contributed by atoms with Gasteiger partial charge >= 0.3 is 0 Å². The van der Waals surface area contributed by atoms with Gasteiger partial charge in [0.25, 0.3) is 0 Å². The van der Waals surface area contributed by atoms with Crippen molar-refractivity contribution < 1.29 is 17.7 Å². The van der Waals surface area contributed by atoms with Crippen molar-refractivity contribution in [3.8, 4) is 0 Å². The lowest BCUT2D eigenvalue weighted by atomic mass is 10.4. The van der Waals surface area contributed by atoms with Crippen LogP contribution in [-0.2, 0) is 14.8 Å². The molecule has 0 fully saturated rings. The zero-order valence-electron chi connectivity index (χ0n) is 11.6. The normalized spacial score (nSPS) is 11.4. The molecule has 0 aliphatic carbocycles. The van der Waals surface area contributed by atoms with Crippen molar-refractivity contribution in [3.63, 3.8) is 0 Å². The van der Waals surface area contributed by atoms with Crippen molar-refractivity contribution >= 4 is 21.7 Å². The minimum Gasteiger partial charge on any atom is -0.360 e. The molecule has 0 radical (unpaired) electrons. The first-order valence-corrected chi connectivity index (χ1v) is 7.83. The Labute approximate surface area is 113 Å². The van der Waals surface area contributed by atoms with Crippen LogP contribution in [0.5, 0.6) is 0 Å². The van der Waals surface area contributed by atoms with Crippen molar-refractivity contribution in [2.45, 2.75) is 20.8 Å². The Morgan fingerprint density at radius 2 is 1.95 bits per heavy atom. The third-order valence-electron chi connectivity index (χ3n) is 2.67. The lowest BCUT2D eigenvalue weighted by Crippen LogP contribution is -2.42. The zero-order valence-corrected chi connectivity index (χ0v) is 12.4. The molecule has 19 heavy (non-hydrogen) atoms. The van der Waals surface area contributed by atoms with E-state index in [0.717, 1.165) is 10.6 Å². The number of hydrogen-bond donors (Lipinski definition) is 0. The Balaban J connectivity index is 2.98. The molecule has 7 nitrogen and oxygen atoms in total. The summed E-state index contributed by atoms with van der Waals surface area (Å²) in [6.45, 7) is 6.13. The number of hydrogen-bond acceptors (Lipinski definition) is 5. The lowest BCUT2D eigenvalue weighted by molar-refractivity contribution is -0.129. The quantitative estimate of drug-likeness (QED) is 0.766. The van der Waals surface area contributed by atoms with Crippen LogP contribution in [0.2, 0.25) is 0 Å². The molecule has 0 saturated heterocycles. The molecule has 8 heteroatoms. The van der Waals surface area contributed by atoms with Gasteiger partial charge in [0, 0.05) is 19.2 Å². The van der Waals surface area contributed by atoms with E-state index in [0.29, 0.717) is 18.8 Å². The van der Waals surface area contributed by atoms with E-state index in [2.05, 4.69) is 5.16 Å². The van der Waals surface area contributed by atoms with Crippen LogP contribution in [0.1, 0.15) is 19.6 Å². The van der Waals surface area contributed by atoms with E-state index in [1.54, 1.807) is 11.8 Å². The third kappa shape index (κ3) is 3.95. The van der Waals surface area contributed by atoms with Crippen molar-refractivity contribution in [1.29, 1.82) is 0 Å². The molecule has 0 atom stereocenters. The smallest absolute Gasteiger partial charge is 0.243 e. The fraction of sp³-hybridized carbons (Fsp3) is 0.636. The maximum Gasteiger partial charge on any atom is 0.243 e. The largest absolute Gasteiger partial charge is 0.360 e. The van der Waals surface area contributed by atoms with Crippen LogP contribution in [0.4, 0.5) is 5.82 Å². The first-order valence-electron chi connectivity index (χ1n) is 5.98. The van der Waals surface area contributed by atoms with E-state index in [-0.39, 0.29) is 18.3 Å². The van der Waals surface area contributed by atoms with E-state index in [1.807, 2.05) is 13.8 Å². The highest BCUT2D eigenvalue weighted by Gasteiger charge is 2.25. The molecular formula is C11H19N3O4S. The Hall–Kier alpha value is -1.57. The van der Waals surface area contributed by atoms with Crippen molar-refractivity contribution in [1.82, 2.24) is 10.1 Å². The predicted octanol–water partition coefficient (Wildman–Crippen LogP) is 0.617. The molecule has 0 aromatic carbocycles.